The molecule has 0 bridgehead atoms. The predicted molar refractivity (Wildman–Crippen MR) is 226 cm³/mol. The first kappa shape index (κ1) is 45.0. The Bertz CT molecular complexity index is 2120. The van der Waals surface area contributed by atoms with E-state index in [2.05, 4.69) is 63.9 Å². The van der Waals surface area contributed by atoms with E-state index in [4.69, 9.17) is 13.9 Å². The molecular formula is C42H57F2N5O6Si2. The summed E-state index contributed by atoms with van der Waals surface area (Å²) in [5.74, 6) is -2.51. The summed E-state index contributed by atoms with van der Waals surface area (Å²) in [6.07, 6.45) is 7.43. The van der Waals surface area contributed by atoms with E-state index in [9.17, 15) is 23.2 Å². The summed E-state index contributed by atoms with van der Waals surface area (Å²) in [6, 6.07) is 12.1. The van der Waals surface area contributed by atoms with Gasteiger partial charge in [-0.15, -0.1) is 0 Å². The lowest BCUT2D eigenvalue weighted by atomic mass is 10.1. The van der Waals surface area contributed by atoms with Gasteiger partial charge in [-0.3, -0.25) is 19.2 Å². The molecule has 1 N–H and O–H groups in total. The molecule has 0 spiro atoms. The van der Waals surface area contributed by atoms with Crippen molar-refractivity contribution < 1.29 is 37.1 Å². The highest BCUT2D eigenvalue weighted by Crippen LogP contribution is 2.37. The van der Waals surface area contributed by atoms with Crippen molar-refractivity contribution in [1.29, 1.82) is 0 Å². The molecule has 0 saturated heterocycles. The lowest BCUT2D eigenvalue weighted by molar-refractivity contribution is -0.119. The van der Waals surface area contributed by atoms with Crippen molar-refractivity contribution in [2.24, 2.45) is 0 Å². The minimum atomic E-state index is -2.03. The van der Waals surface area contributed by atoms with E-state index >= 15 is 0 Å². The highest BCUT2D eigenvalue weighted by Gasteiger charge is 2.37. The summed E-state index contributed by atoms with van der Waals surface area (Å²) >= 11 is 0. The van der Waals surface area contributed by atoms with Crippen LogP contribution in [0.25, 0.3) is 17.0 Å². The molecule has 308 valence electrons. The molecule has 0 unspecified atom stereocenters. The molecule has 4 rings (SSSR count). The van der Waals surface area contributed by atoms with Crippen molar-refractivity contribution in [1.82, 2.24) is 19.2 Å². The fourth-order valence-corrected chi connectivity index (χ4v) is 6.93. The summed E-state index contributed by atoms with van der Waals surface area (Å²) in [6.45, 7) is 23.9. The van der Waals surface area contributed by atoms with Gasteiger partial charge in [-0.2, -0.15) is 5.10 Å². The minimum Gasteiger partial charge on any atom is -0.443 e. The first-order valence-electron chi connectivity index (χ1n) is 18.9. The smallest absolute Gasteiger partial charge is 0.419 e. The second-order valence-corrected chi connectivity index (χ2v) is 28.3. The second-order valence-electron chi connectivity index (χ2n) is 17.8. The Balaban J connectivity index is 1.69. The van der Waals surface area contributed by atoms with Crippen molar-refractivity contribution in [2.45, 2.75) is 104 Å². The van der Waals surface area contributed by atoms with Crippen molar-refractivity contribution in [3.63, 3.8) is 0 Å². The van der Waals surface area contributed by atoms with Crippen molar-refractivity contribution in [3.05, 3.63) is 101 Å². The molecule has 0 aliphatic heterocycles. The van der Waals surface area contributed by atoms with E-state index in [1.54, 1.807) is 33.0 Å². The number of hydrogen-bond donors (Lipinski definition) is 1. The largest absolute Gasteiger partial charge is 0.443 e. The number of amides is 2. The lowest BCUT2D eigenvalue weighted by Gasteiger charge is -2.36. The van der Waals surface area contributed by atoms with E-state index in [1.165, 1.54) is 38.7 Å². The number of anilines is 1. The molecule has 2 aromatic carbocycles. The molecule has 0 radical (unpaired) electrons. The van der Waals surface area contributed by atoms with Gasteiger partial charge in [-0.25, -0.2) is 18.1 Å². The van der Waals surface area contributed by atoms with Crippen LogP contribution in [0, 0.1) is 11.6 Å². The van der Waals surface area contributed by atoms with Gasteiger partial charge in [0.1, 0.15) is 12.3 Å². The molecule has 57 heavy (non-hydrogen) atoms. The minimum absolute atomic E-state index is 0.0390. The van der Waals surface area contributed by atoms with E-state index in [1.807, 2.05) is 24.3 Å². The van der Waals surface area contributed by atoms with Gasteiger partial charge in [0.2, 0.25) is 6.41 Å². The number of carbonyl (C=O) groups excluding carboxylic acids is 3. The third kappa shape index (κ3) is 13.2. The Hall–Kier alpha value is -4.71. The molecule has 15 heteroatoms. The standard InChI is InChI=1S/C42H57F2N5O6Si2/c1-41(2,3)55-40(52)49-35(22-33-20-31(13-17-38(33)49)27-54-57(10,11)42(4,5)6)15-14-32(25-47(28-50)29-53-18-19-56(7,8)9)39(51)46-34-23-45-48(26-34)24-30-12-16-36(43)37(44)21-30/h12-17,20-23,25-26,28H,18-19,24,27,29H2,1-11H3,(H,46,51)/b15-14+,32-25+. The zero-order valence-electron chi connectivity index (χ0n) is 35.0. The molecule has 0 saturated carbocycles. The zero-order chi connectivity index (χ0) is 42.3. The number of nitrogens with one attached hydrogen (secondary N) is 1. The third-order valence-electron chi connectivity index (χ3n) is 9.47. The Morgan fingerprint density at radius 2 is 1.65 bits per heavy atom. The normalized spacial score (nSPS) is 13.0. The summed E-state index contributed by atoms with van der Waals surface area (Å²) < 4.78 is 48.3. The summed E-state index contributed by atoms with van der Waals surface area (Å²) in [5, 5.41) is 7.86. The Kier molecular flexibility index (Phi) is 14.4. The van der Waals surface area contributed by atoms with Gasteiger partial charge in [-0.05, 0) is 98.6 Å². The molecule has 2 heterocycles. The van der Waals surface area contributed by atoms with Crippen LogP contribution >= 0.6 is 0 Å². The van der Waals surface area contributed by atoms with Crippen LogP contribution in [0.15, 0.2) is 72.7 Å². The number of hydrogen-bond acceptors (Lipinski definition) is 7. The van der Waals surface area contributed by atoms with Gasteiger partial charge in [0.15, 0.2) is 20.0 Å². The number of aromatic nitrogens is 3. The quantitative estimate of drug-likeness (QED) is 0.0299. The van der Waals surface area contributed by atoms with E-state index < -0.39 is 45.6 Å². The number of rotatable bonds is 16. The fourth-order valence-electron chi connectivity index (χ4n) is 5.21. The molecule has 0 aliphatic rings. The molecule has 0 atom stereocenters. The van der Waals surface area contributed by atoms with Crippen molar-refractivity contribution in [2.75, 3.05) is 18.7 Å². The number of benzene rings is 2. The summed E-state index contributed by atoms with van der Waals surface area (Å²) in [7, 11) is -3.42. The van der Waals surface area contributed by atoms with Crippen LogP contribution in [0.4, 0.5) is 19.3 Å². The second kappa shape index (κ2) is 18.3. The van der Waals surface area contributed by atoms with E-state index in [0.717, 1.165) is 29.1 Å². The number of fused-ring (bicyclic) bond motifs is 1. The molecule has 0 aliphatic carbocycles. The maximum atomic E-state index is 13.9. The lowest BCUT2D eigenvalue weighted by Crippen LogP contribution is -2.40. The fraction of sp³-hybridized carbons (Fsp3) is 0.429. The van der Waals surface area contributed by atoms with Crippen LogP contribution in [0.2, 0.25) is 43.8 Å². The maximum Gasteiger partial charge on any atom is 0.419 e. The Labute approximate surface area is 336 Å². The number of ether oxygens (including phenoxy) is 2. The summed E-state index contributed by atoms with van der Waals surface area (Å²) in [4.78, 5) is 41.1. The average molecular weight is 822 g/mol. The third-order valence-corrected chi connectivity index (χ3v) is 15.7. The van der Waals surface area contributed by atoms with E-state index in [-0.39, 0.29) is 23.9 Å². The van der Waals surface area contributed by atoms with Crippen LogP contribution < -0.4 is 5.32 Å². The summed E-state index contributed by atoms with van der Waals surface area (Å²) in [5.41, 5.74) is 2.06. The van der Waals surface area contributed by atoms with Gasteiger partial charge in [0.25, 0.3) is 5.91 Å². The van der Waals surface area contributed by atoms with Gasteiger partial charge < -0.3 is 19.2 Å². The molecule has 4 aromatic rings. The number of halogens is 2. The topological polar surface area (TPSA) is 117 Å². The predicted octanol–water partition coefficient (Wildman–Crippen LogP) is 9.78. The Morgan fingerprint density at radius 3 is 2.28 bits per heavy atom. The zero-order valence-corrected chi connectivity index (χ0v) is 37.0. The van der Waals surface area contributed by atoms with Gasteiger partial charge >= 0.3 is 6.09 Å². The molecule has 11 nitrogen and oxygen atoms in total. The average Bonchev–Trinajstić information content (AvgIpc) is 3.69. The molecule has 2 aromatic heterocycles. The molecule has 0 fully saturated rings. The molecular weight excluding hydrogens is 765 g/mol. The highest BCUT2D eigenvalue weighted by molar-refractivity contribution is 6.76. The van der Waals surface area contributed by atoms with Crippen molar-refractivity contribution >= 4 is 57.5 Å². The van der Waals surface area contributed by atoms with Gasteiger partial charge in [0.05, 0.1) is 41.8 Å². The molecule has 2 amide bonds. The van der Waals surface area contributed by atoms with Crippen LogP contribution in [0.5, 0.6) is 0 Å². The first-order valence-corrected chi connectivity index (χ1v) is 25.5. The number of carbonyl (C=O) groups is 3. The van der Waals surface area contributed by atoms with E-state index in [0.29, 0.717) is 42.1 Å². The van der Waals surface area contributed by atoms with Crippen LogP contribution in [-0.2, 0) is 36.6 Å². The monoisotopic (exact) mass is 821 g/mol. The van der Waals surface area contributed by atoms with Crippen LogP contribution in [0.1, 0.15) is 58.4 Å². The van der Waals surface area contributed by atoms with Gasteiger partial charge in [-0.1, -0.05) is 52.5 Å². The van der Waals surface area contributed by atoms with Crippen LogP contribution in [-0.4, -0.2) is 73.0 Å². The van der Waals surface area contributed by atoms with Crippen molar-refractivity contribution in [3.8, 4) is 0 Å². The van der Waals surface area contributed by atoms with Crippen LogP contribution in [0.3, 0.4) is 0 Å². The Morgan fingerprint density at radius 1 is 0.947 bits per heavy atom. The highest BCUT2D eigenvalue weighted by atomic mass is 28.4. The SMILES string of the molecule is CC(C)(C)OC(=O)n1c(/C=C/C(=C\N(C=O)COCC[Si](C)(C)C)C(=O)Nc2cnn(Cc3ccc(F)c(F)c3)c2)cc2cc(CO[Si](C)(C)C(C)(C)C)ccc21. The maximum absolute atomic E-state index is 13.9. The number of nitrogens with zero attached hydrogens (tertiary/aromatic N) is 4. The first-order chi connectivity index (χ1) is 26.4. The van der Waals surface area contributed by atoms with Gasteiger partial charge in [0, 0.05) is 32.5 Å².